The van der Waals surface area contributed by atoms with Gasteiger partial charge in [-0.15, -0.1) is 0 Å². The molecule has 1 aromatic heterocycles. The molecule has 2 N–H and O–H groups in total. The highest BCUT2D eigenvalue weighted by Crippen LogP contribution is 2.28. The fraction of sp³-hybridized carbons (Fsp3) is 0.304. The van der Waals surface area contributed by atoms with Gasteiger partial charge in [0.2, 0.25) is 10.0 Å². The number of aromatic nitrogens is 1. The van der Waals surface area contributed by atoms with Crippen LogP contribution >= 0.6 is 0 Å². The number of hydrogen-bond donors (Lipinski definition) is 2. The molecule has 1 saturated carbocycles. The number of fused-ring (bicyclic) bond motifs is 1. The molecule has 1 aliphatic rings. The molecular formula is C23H24FN3O5S. The average molecular weight is 474 g/mol. The van der Waals surface area contributed by atoms with E-state index in [9.17, 15) is 17.6 Å². The van der Waals surface area contributed by atoms with Crippen LogP contribution in [0, 0.1) is 5.82 Å². The molecule has 0 unspecified atom stereocenters. The number of oxazole rings is 1. The first-order chi connectivity index (χ1) is 15.8. The van der Waals surface area contributed by atoms with E-state index >= 15 is 0 Å². The normalized spacial score (nSPS) is 15.3. The molecule has 8 nitrogen and oxygen atoms in total. The zero-order valence-electron chi connectivity index (χ0n) is 18.0. The quantitative estimate of drug-likeness (QED) is 0.431. The summed E-state index contributed by atoms with van der Waals surface area (Å²) in [4.78, 5) is 17.1. The van der Waals surface area contributed by atoms with Crippen LogP contribution in [0.25, 0.3) is 11.1 Å². The highest BCUT2D eigenvalue weighted by Gasteiger charge is 2.38. The number of halogens is 1. The molecule has 0 spiro atoms. The highest BCUT2D eigenvalue weighted by molar-refractivity contribution is 7.90. The number of para-hydroxylation sites is 1. The number of benzene rings is 2. The molecule has 1 fully saturated rings. The Hall–Kier alpha value is -3.40. The third-order valence-electron chi connectivity index (χ3n) is 5.12. The molecule has 2 aromatic carbocycles. The maximum absolute atomic E-state index is 13.5. The summed E-state index contributed by atoms with van der Waals surface area (Å²) in [6.07, 6.45) is 3.06. The van der Waals surface area contributed by atoms with Crippen molar-refractivity contribution in [3.05, 3.63) is 66.0 Å². The largest absolute Gasteiger partial charge is 0.490 e. The molecule has 0 saturated heterocycles. The summed E-state index contributed by atoms with van der Waals surface area (Å²) in [6, 6.07) is 12.2. The smallest absolute Gasteiger partial charge is 0.296 e. The summed E-state index contributed by atoms with van der Waals surface area (Å²) in [5.41, 5.74) is 1.42. The zero-order valence-corrected chi connectivity index (χ0v) is 18.8. The second-order valence-electron chi connectivity index (χ2n) is 7.92. The number of ether oxygens (including phenoxy) is 1. The number of carbonyl (C=O) groups excluding carboxylic acids is 1. The zero-order chi connectivity index (χ0) is 23.4. The van der Waals surface area contributed by atoms with Gasteiger partial charge in [0.05, 0.1) is 5.25 Å². The Labute approximate surface area is 190 Å². The Balaban J connectivity index is 1.48. The molecule has 0 aliphatic heterocycles. The van der Waals surface area contributed by atoms with Crippen LogP contribution in [0.15, 0.2) is 64.6 Å². The number of sulfonamides is 1. The predicted octanol–water partition coefficient (Wildman–Crippen LogP) is 3.77. The summed E-state index contributed by atoms with van der Waals surface area (Å²) in [6.45, 7) is 2.10. The minimum Gasteiger partial charge on any atom is -0.490 e. The van der Waals surface area contributed by atoms with Gasteiger partial charge in [-0.2, -0.15) is 4.98 Å². The van der Waals surface area contributed by atoms with Crippen molar-refractivity contribution in [2.45, 2.75) is 37.5 Å². The lowest BCUT2D eigenvalue weighted by Gasteiger charge is -2.18. The van der Waals surface area contributed by atoms with Gasteiger partial charge in [0.15, 0.2) is 5.58 Å². The lowest BCUT2D eigenvalue weighted by Crippen LogP contribution is -2.44. The van der Waals surface area contributed by atoms with Crippen LogP contribution in [0.2, 0.25) is 0 Å². The van der Waals surface area contributed by atoms with E-state index in [0.717, 1.165) is 5.57 Å². The van der Waals surface area contributed by atoms with Crippen molar-refractivity contribution in [2.24, 2.45) is 0 Å². The van der Waals surface area contributed by atoms with Crippen LogP contribution in [-0.2, 0) is 14.8 Å². The van der Waals surface area contributed by atoms with Crippen LogP contribution in [0.3, 0.4) is 0 Å². The van der Waals surface area contributed by atoms with Crippen LogP contribution in [-0.4, -0.2) is 37.2 Å². The van der Waals surface area contributed by atoms with Crippen molar-refractivity contribution in [1.82, 2.24) is 9.71 Å². The number of nitrogens with one attached hydrogen (secondary N) is 2. The molecule has 1 atom stereocenters. The maximum Gasteiger partial charge on any atom is 0.296 e. The maximum atomic E-state index is 13.5. The van der Waals surface area contributed by atoms with E-state index in [1.807, 2.05) is 43.3 Å². The Bertz CT molecular complexity index is 1270. The number of anilines is 1. The predicted molar refractivity (Wildman–Crippen MR) is 122 cm³/mol. The fourth-order valence-electron chi connectivity index (χ4n) is 3.19. The minimum absolute atomic E-state index is 0.00657. The van der Waals surface area contributed by atoms with Gasteiger partial charge in [0.25, 0.3) is 11.9 Å². The number of carbonyl (C=O) groups is 1. The number of nitrogens with zero attached hydrogens (tertiary/aromatic N) is 1. The molecular weight excluding hydrogens is 449 g/mol. The molecule has 1 amide bonds. The molecule has 3 aromatic rings. The lowest BCUT2D eigenvalue weighted by atomic mass is 10.1. The molecule has 174 valence electrons. The van der Waals surface area contributed by atoms with Gasteiger partial charge in [-0.05, 0) is 56.5 Å². The van der Waals surface area contributed by atoms with Gasteiger partial charge in [0.1, 0.15) is 29.7 Å². The monoisotopic (exact) mass is 473 g/mol. The molecule has 1 heterocycles. The van der Waals surface area contributed by atoms with Crippen LogP contribution in [0.1, 0.15) is 26.2 Å². The summed E-state index contributed by atoms with van der Waals surface area (Å²) in [7, 11) is -3.73. The van der Waals surface area contributed by atoms with Crippen molar-refractivity contribution in [2.75, 3.05) is 11.9 Å². The minimum atomic E-state index is -3.73. The lowest BCUT2D eigenvalue weighted by molar-refractivity contribution is -0.120. The first-order valence-electron chi connectivity index (χ1n) is 10.5. The van der Waals surface area contributed by atoms with Gasteiger partial charge in [-0.1, -0.05) is 23.8 Å². The second kappa shape index (κ2) is 9.62. The van der Waals surface area contributed by atoms with Crippen molar-refractivity contribution < 1.29 is 26.8 Å². The van der Waals surface area contributed by atoms with Crippen molar-refractivity contribution >= 4 is 33.0 Å². The van der Waals surface area contributed by atoms with Crippen LogP contribution < -0.4 is 14.8 Å². The third kappa shape index (κ3) is 6.10. The topological polar surface area (TPSA) is 111 Å². The number of hydrogen-bond acceptors (Lipinski definition) is 7. The first kappa shape index (κ1) is 22.8. The van der Waals surface area contributed by atoms with E-state index in [2.05, 4.69) is 15.0 Å². The summed E-state index contributed by atoms with van der Waals surface area (Å²) >= 11 is 0. The summed E-state index contributed by atoms with van der Waals surface area (Å²) in [5, 5.41) is 2.31. The summed E-state index contributed by atoms with van der Waals surface area (Å²) in [5.74, 6) is -0.484. The van der Waals surface area contributed by atoms with E-state index in [4.69, 9.17) is 9.15 Å². The van der Waals surface area contributed by atoms with Gasteiger partial charge < -0.3 is 14.5 Å². The van der Waals surface area contributed by atoms with Crippen molar-refractivity contribution in [3.8, 4) is 5.75 Å². The van der Waals surface area contributed by atoms with E-state index in [1.54, 1.807) is 0 Å². The van der Waals surface area contributed by atoms with E-state index in [-0.39, 0.29) is 24.6 Å². The van der Waals surface area contributed by atoms with Gasteiger partial charge in [0, 0.05) is 6.07 Å². The Morgan fingerprint density at radius 1 is 1.27 bits per heavy atom. The number of rotatable bonds is 10. The molecule has 4 rings (SSSR count). The van der Waals surface area contributed by atoms with E-state index in [0.29, 0.717) is 24.1 Å². The molecule has 0 radical (unpaired) electrons. The van der Waals surface area contributed by atoms with Gasteiger partial charge in [-0.25, -0.2) is 12.8 Å². The summed E-state index contributed by atoms with van der Waals surface area (Å²) < 4.78 is 51.3. The Kier molecular flexibility index (Phi) is 6.64. The highest BCUT2D eigenvalue weighted by atomic mass is 32.2. The molecule has 10 heteroatoms. The van der Waals surface area contributed by atoms with Gasteiger partial charge >= 0.3 is 0 Å². The van der Waals surface area contributed by atoms with E-state index in [1.165, 1.54) is 18.2 Å². The van der Waals surface area contributed by atoms with Crippen LogP contribution in [0.5, 0.6) is 5.75 Å². The molecule has 33 heavy (non-hydrogen) atoms. The van der Waals surface area contributed by atoms with Crippen molar-refractivity contribution in [3.63, 3.8) is 0 Å². The van der Waals surface area contributed by atoms with Gasteiger partial charge in [-0.3, -0.25) is 9.52 Å². The fourth-order valence-corrected chi connectivity index (χ4v) is 4.54. The third-order valence-corrected chi connectivity index (χ3v) is 6.96. The first-order valence-corrected chi connectivity index (χ1v) is 12.1. The Morgan fingerprint density at radius 3 is 2.76 bits per heavy atom. The SMILES string of the molecule is C/C(=C/COc1ccccc1)C[C@H](Nc1nc2ccc(F)cc2o1)C(=O)NS(=O)(=O)C1CC1. The molecule has 1 aliphatic carbocycles. The second-order valence-corrected chi connectivity index (χ2v) is 9.88. The van der Waals surface area contributed by atoms with Crippen molar-refractivity contribution in [1.29, 1.82) is 0 Å². The number of amides is 1. The Morgan fingerprint density at radius 2 is 2.03 bits per heavy atom. The van der Waals surface area contributed by atoms with E-state index < -0.39 is 33.0 Å². The van der Waals surface area contributed by atoms with Crippen LogP contribution in [0.4, 0.5) is 10.4 Å². The standard InChI is InChI=1S/C23H24FN3O5S/c1-15(11-12-31-17-5-3-2-4-6-17)13-20(22(28)27-33(29,30)18-8-9-18)26-23-25-19-10-7-16(24)14-21(19)32-23/h2-7,10-11,14,18,20H,8-9,12-13H2,1H3,(H,25,26)(H,27,28)/b15-11-/t20-/m0/s1. The molecule has 0 bridgehead atoms. The average Bonchev–Trinajstić information content (AvgIpc) is 3.56.